The summed E-state index contributed by atoms with van der Waals surface area (Å²) in [6, 6.07) is 0. The highest BCUT2D eigenvalue weighted by molar-refractivity contribution is 7.47. The molecule has 0 aromatic heterocycles. The fourth-order valence-corrected chi connectivity index (χ4v) is 7.16. The Balaban J connectivity index is 2.43. The first-order chi connectivity index (χ1) is 30.8. The largest absolute Gasteiger partial charge is 0.472 e. The van der Waals surface area contributed by atoms with Gasteiger partial charge in [-0.3, -0.25) is 23.2 Å². The van der Waals surface area contributed by atoms with Crippen LogP contribution in [-0.4, -0.2) is 82.6 Å². The molecule has 1 heterocycles. The molecule has 5 atom stereocenters. The zero-order valence-corrected chi connectivity index (χ0v) is 40.3. The van der Waals surface area contributed by atoms with Gasteiger partial charge in [-0.15, -0.1) is 0 Å². The van der Waals surface area contributed by atoms with Crippen LogP contribution >= 0.6 is 15.6 Å². The van der Waals surface area contributed by atoms with Crippen LogP contribution in [-0.2, 0) is 46.5 Å². The molecule has 0 amide bonds. The van der Waals surface area contributed by atoms with E-state index in [1.807, 2.05) is 0 Å². The molecule has 3 unspecified atom stereocenters. The van der Waals surface area contributed by atoms with Gasteiger partial charge in [-0.05, 0) is 96.3 Å². The van der Waals surface area contributed by atoms with E-state index >= 15 is 0 Å². The van der Waals surface area contributed by atoms with E-state index in [1.165, 1.54) is 38.5 Å². The molecule has 0 bridgehead atoms. The van der Waals surface area contributed by atoms with Crippen molar-refractivity contribution in [1.29, 1.82) is 0 Å². The minimum atomic E-state index is -4.88. The summed E-state index contributed by atoms with van der Waals surface area (Å²) in [5.41, 5.74) is 0. The predicted octanol–water partition coefficient (Wildman–Crippen LogP) is 11.3. The molecular weight excluding hydrogens is 862 g/mol. The maximum Gasteiger partial charge on any atom is 0.472 e. The van der Waals surface area contributed by atoms with Crippen molar-refractivity contribution in [2.75, 3.05) is 26.4 Å². The molecule has 64 heavy (non-hydrogen) atoms. The van der Waals surface area contributed by atoms with Crippen LogP contribution < -0.4 is 0 Å². The van der Waals surface area contributed by atoms with Crippen LogP contribution in [0.15, 0.2) is 85.1 Å². The summed E-state index contributed by atoms with van der Waals surface area (Å²) in [4.78, 5) is 52.9. The first-order valence-electron chi connectivity index (χ1n) is 23.4. The van der Waals surface area contributed by atoms with Crippen molar-refractivity contribution in [3.8, 4) is 0 Å². The van der Waals surface area contributed by atoms with Crippen molar-refractivity contribution in [1.82, 2.24) is 0 Å². The number of aliphatic hydroxyl groups is 1. The first kappa shape index (κ1) is 59.3. The number of ether oxygens (including phenoxy) is 3. The predicted molar refractivity (Wildman–Crippen MR) is 252 cm³/mol. The number of allylic oxidation sites excluding steroid dienone is 13. The lowest BCUT2D eigenvalue weighted by Gasteiger charge is -2.20. The van der Waals surface area contributed by atoms with Gasteiger partial charge in [0.25, 0.3) is 0 Å². The molecule has 0 aromatic rings. The zero-order chi connectivity index (χ0) is 47.0. The Morgan fingerprint density at radius 3 is 1.55 bits per heavy atom. The number of phosphoric acid groups is 2. The van der Waals surface area contributed by atoms with Gasteiger partial charge in [-0.2, -0.15) is 0 Å². The van der Waals surface area contributed by atoms with Crippen molar-refractivity contribution < 1.29 is 66.3 Å². The van der Waals surface area contributed by atoms with E-state index < -0.39 is 66.2 Å². The maximum atomic E-state index is 12.7. The number of carbonyl (C=O) groups is 2. The van der Waals surface area contributed by atoms with E-state index in [9.17, 15) is 28.7 Å². The maximum absolute atomic E-state index is 12.7. The fraction of sp³-hybridized carbons (Fsp3) is 0.667. The highest BCUT2D eigenvalue weighted by Crippen LogP contribution is 2.44. The van der Waals surface area contributed by atoms with Crippen molar-refractivity contribution in [3.63, 3.8) is 0 Å². The lowest BCUT2D eigenvalue weighted by molar-refractivity contribution is -0.161. The number of unbranched alkanes of at least 4 members (excludes halogenated alkanes) is 9. The van der Waals surface area contributed by atoms with E-state index in [4.69, 9.17) is 28.5 Å². The summed E-state index contributed by atoms with van der Waals surface area (Å²) >= 11 is 0. The van der Waals surface area contributed by atoms with Crippen LogP contribution in [0.3, 0.4) is 0 Å². The van der Waals surface area contributed by atoms with E-state index in [2.05, 4.69) is 108 Å². The van der Waals surface area contributed by atoms with Crippen LogP contribution in [0, 0.1) is 0 Å². The fourth-order valence-electron chi connectivity index (χ4n) is 6.00. The summed E-state index contributed by atoms with van der Waals surface area (Å²) in [6.07, 6.45) is 47.3. The Morgan fingerprint density at radius 1 is 0.547 bits per heavy atom. The topological polar surface area (TPSA) is 208 Å². The van der Waals surface area contributed by atoms with Crippen LogP contribution in [0.1, 0.15) is 155 Å². The van der Waals surface area contributed by atoms with E-state index in [0.717, 1.165) is 70.6 Å². The minimum absolute atomic E-state index is 0.0713. The highest BCUT2D eigenvalue weighted by atomic mass is 31.2. The molecule has 1 aliphatic rings. The monoisotopic (exact) mass is 943 g/mol. The van der Waals surface area contributed by atoms with Crippen LogP contribution in [0.25, 0.3) is 0 Å². The number of carbonyl (C=O) groups excluding carboxylic acids is 2. The minimum Gasteiger partial charge on any atom is -0.462 e. The normalized spacial score (nSPS) is 17.8. The average Bonchev–Trinajstić information content (AvgIpc) is 4.01. The Bertz CT molecular complexity index is 1510. The number of aliphatic hydroxyl groups excluding tert-OH is 1. The second-order valence-electron chi connectivity index (χ2n) is 15.7. The molecule has 0 aliphatic carbocycles. The molecule has 0 aromatic carbocycles. The molecule has 0 radical (unpaired) electrons. The molecule has 366 valence electrons. The smallest absolute Gasteiger partial charge is 0.462 e. The summed E-state index contributed by atoms with van der Waals surface area (Å²) < 4.78 is 53.6. The third-order valence-corrected chi connectivity index (χ3v) is 11.1. The van der Waals surface area contributed by atoms with Crippen LogP contribution in [0.5, 0.6) is 0 Å². The molecule has 16 heteroatoms. The second kappa shape index (κ2) is 39.4. The molecule has 1 rings (SSSR count). The Kier molecular flexibility index (Phi) is 36.5. The second-order valence-corrected chi connectivity index (χ2v) is 18.4. The van der Waals surface area contributed by atoms with E-state index in [-0.39, 0.29) is 25.0 Å². The molecule has 1 aliphatic heterocycles. The number of rotatable bonds is 42. The first-order valence-corrected chi connectivity index (χ1v) is 26.4. The number of hydrogen-bond acceptors (Lipinski definition) is 11. The summed E-state index contributed by atoms with van der Waals surface area (Å²) in [5, 5.41) is 9.77. The van der Waals surface area contributed by atoms with Gasteiger partial charge >= 0.3 is 27.6 Å². The lowest BCUT2D eigenvalue weighted by Crippen LogP contribution is -2.30. The van der Waals surface area contributed by atoms with Gasteiger partial charge in [-0.1, -0.05) is 131 Å². The molecular formula is C48H80O14P2. The molecule has 1 fully saturated rings. The van der Waals surface area contributed by atoms with E-state index in [1.54, 1.807) is 0 Å². The Hall–Kier alpha value is -2.74. The number of phosphoric ester groups is 2. The lowest BCUT2D eigenvalue weighted by atomic mass is 10.1. The molecule has 14 nitrogen and oxygen atoms in total. The third-order valence-electron chi connectivity index (χ3n) is 9.67. The van der Waals surface area contributed by atoms with Gasteiger partial charge in [0.05, 0.1) is 32.0 Å². The number of hydrogen-bond donors (Lipinski definition) is 4. The number of epoxide rings is 1. The van der Waals surface area contributed by atoms with Gasteiger partial charge in [0.2, 0.25) is 0 Å². The third kappa shape index (κ3) is 39.6. The molecule has 0 saturated carbocycles. The SMILES string of the molecule is CCCCC/C=C\C/C=C\C/C=C\C/C=C\CCCCCC(=O)O[C@H](COC(=O)CCCC1OC1C/C=C\C/C=C\C/C=C\CCCCC)COP(=O)(O)OC[C@@H](O)COP(=O)(O)O. The Labute approximate surface area is 383 Å². The summed E-state index contributed by atoms with van der Waals surface area (Å²) in [5.74, 6) is -1.15. The van der Waals surface area contributed by atoms with Gasteiger partial charge < -0.3 is 34.0 Å². The molecule has 4 N–H and O–H groups in total. The Morgan fingerprint density at radius 2 is 1.02 bits per heavy atom. The average molecular weight is 943 g/mol. The zero-order valence-electron chi connectivity index (χ0n) is 38.5. The van der Waals surface area contributed by atoms with Gasteiger partial charge in [0.1, 0.15) is 12.7 Å². The molecule has 1 saturated heterocycles. The van der Waals surface area contributed by atoms with Crippen molar-refractivity contribution in [3.05, 3.63) is 85.1 Å². The van der Waals surface area contributed by atoms with Crippen LogP contribution in [0.2, 0.25) is 0 Å². The summed E-state index contributed by atoms with van der Waals surface area (Å²) in [7, 11) is -9.73. The van der Waals surface area contributed by atoms with E-state index in [0.29, 0.717) is 19.3 Å². The van der Waals surface area contributed by atoms with Crippen LogP contribution in [0.4, 0.5) is 0 Å². The van der Waals surface area contributed by atoms with Crippen molar-refractivity contribution in [2.45, 2.75) is 180 Å². The highest BCUT2D eigenvalue weighted by Gasteiger charge is 2.36. The quantitative estimate of drug-likeness (QED) is 0.0148. The number of esters is 2. The van der Waals surface area contributed by atoms with Crippen molar-refractivity contribution in [2.24, 2.45) is 0 Å². The van der Waals surface area contributed by atoms with Crippen molar-refractivity contribution >= 4 is 27.6 Å². The standard InChI is InChI=1S/C48H80O14P2/c1-3-5-7-9-11-13-15-17-18-19-20-21-22-23-25-27-29-31-33-37-48(51)61-44(42-60-64(55,56)59-40-43(49)39-58-63(52,53)54)41-57-47(50)38-34-36-46-45(62-46)35-32-30-28-26-24-16-14-12-10-8-6-4-2/h11-14,17-18,20-21,23-26,30,32,43-46,49H,3-10,15-16,19,22,27-29,31,33-42H2,1-2H3,(H,55,56)(H2,52,53,54)/b13-11-,14-12-,18-17-,21-20-,25-23-,26-24-,32-30-/t43-,44+,45?,46?/m0/s1. The molecule has 0 spiro atoms. The van der Waals surface area contributed by atoms with Gasteiger partial charge in [-0.25, -0.2) is 9.13 Å². The van der Waals surface area contributed by atoms with Gasteiger partial charge in [0.15, 0.2) is 6.10 Å². The summed E-state index contributed by atoms with van der Waals surface area (Å²) in [6.45, 7) is 1.58. The van der Waals surface area contributed by atoms with Gasteiger partial charge in [0, 0.05) is 12.8 Å².